The van der Waals surface area contributed by atoms with E-state index in [1.807, 2.05) is 0 Å². The van der Waals surface area contributed by atoms with Gasteiger partial charge >= 0.3 is 0 Å². The molecule has 0 amide bonds. The van der Waals surface area contributed by atoms with E-state index in [0.29, 0.717) is 6.54 Å². The monoisotopic (exact) mass is 286 g/mol. The van der Waals surface area contributed by atoms with E-state index in [0.717, 1.165) is 31.4 Å². The van der Waals surface area contributed by atoms with Gasteiger partial charge in [0.05, 0.1) is 4.90 Å². The second-order valence-corrected chi connectivity index (χ2v) is 6.97. The van der Waals surface area contributed by atoms with Crippen LogP contribution in [0.4, 0.5) is 4.39 Å². The molecule has 0 saturated heterocycles. The van der Waals surface area contributed by atoms with Crippen molar-refractivity contribution in [1.29, 1.82) is 0 Å². The number of hydrogen-bond donors (Lipinski definition) is 1. The molecule has 0 aromatic heterocycles. The number of sulfonamides is 1. The Morgan fingerprint density at radius 3 is 2.53 bits per heavy atom. The highest BCUT2D eigenvalue weighted by atomic mass is 32.2. The van der Waals surface area contributed by atoms with E-state index in [1.165, 1.54) is 16.4 Å². The van der Waals surface area contributed by atoms with Gasteiger partial charge in [0, 0.05) is 13.1 Å². The number of hydrogen-bond acceptors (Lipinski definition) is 3. The Morgan fingerprint density at radius 1 is 1.32 bits per heavy atom. The summed E-state index contributed by atoms with van der Waals surface area (Å²) in [6, 6.07) is 4.87. The fraction of sp³-hybridized carbons (Fsp3) is 0.538. The van der Waals surface area contributed by atoms with Crippen LogP contribution >= 0.6 is 0 Å². The largest absolute Gasteiger partial charge is 0.330 e. The first-order valence-corrected chi connectivity index (χ1v) is 7.84. The summed E-state index contributed by atoms with van der Waals surface area (Å²) in [4.78, 5) is 0.124. The van der Waals surface area contributed by atoms with Gasteiger partial charge in [0.2, 0.25) is 10.0 Å². The van der Waals surface area contributed by atoms with Crippen LogP contribution in [0.1, 0.15) is 19.3 Å². The van der Waals surface area contributed by atoms with E-state index in [4.69, 9.17) is 5.73 Å². The molecular formula is C13H19FN2O2S. The first kappa shape index (κ1) is 14.4. The average molecular weight is 286 g/mol. The molecule has 1 aromatic rings. The van der Waals surface area contributed by atoms with Crippen LogP contribution in [0.3, 0.4) is 0 Å². The Hall–Kier alpha value is -0.980. The molecular weight excluding hydrogens is 267 g/mol. The topological polar surface area (TPSA) is 63.4 Å². The summed E-state index contributed by atoms with van der Waals surface area (Å²) in [6.07, 6.45) is 2.79. The predicted octanol–water partition coefficient (Wildman–Crippen LogP) is 1.57. The Balaban J connectivity index is 2.26. The van der Waals surface area contributed by atoms with Crippen molar-refractivity contribution < 1.29 is 12.8 Å². The maximum Gasteiger partial charge on any atom is 0.243 e. The molecule has 1 aromatic carbocycles. The molecule has 1 saturated carbocycles. The molecule has 0 heterocycles. The first-order valence-electron chi connectivity index (χ1n) is 6.40. The lowest BCUT2D eigenvalue weighted by Gasteiger charge is -2.28. The normalized spacial score (nSPS) is 24.0. The molecule has 4 nitrogen and oxygen atoms in total. The highest BCUT2D eigenvalue weighted by Crippen LogP contribution is 2.31. The van der Waals surface area contributed by atoms with Gasteiger partial charge in [-0.05, 0) is 49.6 Å². The lowest BCUT2D eigenvalue weighted by Crippen LogP contribution is -2.41. The van der Waals surface area contributed by atoms with Crippen molar-refractivity contribution in [1.82, 2.24) is 4.31 Å². The minimum Gasteiger partial charge on any atom is -0.330 e. The Morgan fingerprint density at radius 2 is 1.95 bits per heavy atom. The van der Waals surface area contributed by atoms with Crippen molar-refractivity contribution in [2.45, 2.75) is 30.2 Å². The number of benzene rings is 1. The highest BCUT2D eigenvalue weighted by Gasteiger charge is 2.35. The molecule has 2 rings (SSSR count). The van der Waals surface area contributed by atoms with Gasteiger partial charge in [-0.15, -0.1) is 0 Å². The smallest absolute Gasteiger partial charge is 0.243 e. The van der Waals surface area contributed by atoms with Gasteiger partial charge in [0.25, 0.3) is 0 Å². The van der Waals surface area contributed by atoms with Crippen molar-refractivity contribution in [3.05, 3.63) is 30.1 Å². The van der Waals surface area contributed by atoms with Crippen LogP contribution < -0.4 is 5.73 Å². The summed E-state index contributed by atoms with van der Waals surface area (Å²) in [7, 11) is -1.99. The first-order chi connectivity index (χ1) is 8.96. The minimum atomic E-state index is -3.57. The van der Waals surface area contributed by atoms with Crippen LogP contribution in [0.5, 0.6) is 0 Å². The van der Waals surface area contributed by atoms with E-state index in [2.05, 4.69) is 0 Å². The SMILES string of the molecule is CN(C1CCCC1CN)S(=O)(=O)c1ccc(F)cc1. The van der Waals surface area contributed by atoms with Crippen molar-refractivity contribution in [2.24, 2.45) is 11.7 Å². The molecule has 0 radical (unpaired) electrons. The number of rotatable bonds is 4. The summed E-state index contributed by atoms with van der Waals surface area (Å²) < 4.78 is 39.2. The van der Waals surface area contributed by atoms with Crippen molar-refractivity contribution in [3.63, 3.8) is 0 Å². The molecule has 0 bridgehead atoms. The summed E-state index contributed by atoms with van der Waals surface area (Å²) >= 11 is 0. The molecule has 1 fully saturated rings. The fourth-order valence-electron chi connectivity index (χ4n) is 2.72. The average Bonchev–Trinajstić information content (AvgIpc) is 2.86. The molecule has 0 spiro atoms. The van der Waals surface area contributed by atoms with Crippen molar-refractivity contribution >= 4 is 10.0 Å². The maximum absolute atomic E-state index is 12.9. The van der Waals surface area contributed by atoms with Crippen LogP contribution in [-0.2, 0) is 10.0 Å². The van der Waals surface area contributed by atoms with Crippen LogP contribution in [0, 0.1) is 11.7 Å². The number of nitrogens with zero attached hydrogens (tertiary/aromatic N) is 1. The molecule has 6 heteroatoms. The molecule has 2 atom stereocenters. The highest BCUT2D eigenvalue weighted by molar-refractivity contribution is 7.89. The molecule has 2 unspecified atom stereocenters. The summed E-state index contributed by atoms with van der Waals surface area (Å²) in [5.41, 5.74) is 5.69. The predicted molar refractivity (Wildman–Crippen MR) is 71.5 cm³/mol. The molecule has 2 N–H and O–H groups in total. The third kappa shape index (κ3) is 2.80. The van der Waals surface area contributed by atoms with Gasteiger partial charge in [-0.3, -0.25) is 0 Å². The fourth-order valence-corrected chi connectivity index (χ4v) is 4.17. The summed E-state index contributed by atoms with van der Waals surface area (Å²) in [5, 5.41) is 0. The third-order valence-corrected chi connectivity index (χ3v) is 5.78. The molecule has 19 heavy (non-hydrogen) atoms. The van der Waals surface area contributed by atoms with E-state index in [1.54, 1.807) is 7.05 Å². The van der Waals surface area contributed by atoms with E-state index in [9.17, 15) is 12.8 Å². The van der Waals surface area contributed by atoms with Crippen LogP contribution in [-0.4, -0.2) is 32.4 Å². The standard InChI is InChI=1S/C13H19FN2O2S/c1-16(13-4-2-3-10(13)9-15)19(17,18)12-7-5-11(14)6-8-12/h5-8,10,13H,2-4,9,15H2,1H3. The quantitative estimate of drug-likeness (QED) is 0.914. The maximum atomic E-state index is 12.9. The zero-order valence-corrected chi connectivity index (χ0v) is 11.7. The third-order valence-electron chi connectivity index (χ3n) is 3.88. The summed E-state index contributed by atoms with van der Waals surface area (Å²) in [6.45, 7) is 0.494. The van der Waals surface area contributed by atoms with Crippen molar-refractivity contribution in [2.75, 3.05) is 13.6 Å². The second-order valence-electron chi connectivity index (χ2n) is 4.97. The van der Waals surface area contributed by atoms with E-state index < -0.39 is 15.8 Å². The Bertz CT molecular complexity index is 530. The van der Waals surface area contributed by atoms with Gasteiger partial charge < -0.3 is 5.73 Å². The van der Waals surface area contributed by atoms with Gasteiger partial charge in [0.15, 0.2) is 0 Å². The number of halogens is 1. The minimum absolute atomic E-state index is 0.0555. The van der Waals surface area contributed by atoms with Crippen LogP contribution in [0.25, 0.3) is 0 Å². The van der Waals surface area contributed by atoms with Crippen LogP contribution in [0.15, 0.2) is 29.2 Å². The number of nitrogens with two attached hydrogens (primary N) is 1. The van der Waals surface area contributed by atoms with Crippen molar-refractivity contribution in [3.8, 4) is 0 Å². The molecule has 1 aliphatic rings. The summed E-state index contributed by atoms with van der Waals surface area (Å²) in [5.74, 6) is -0.234. The zero-order valence-electron chi connectivity index (χ0n) is 10.9. The molecule has 1 aliphatic carbocycles. The van der Waals surface area contributed by atoms with Gasteiger partial charge in [-0.2, -0.15) is 4.31 Å². The van der Waals surface area contributed by atoms with Gasteiger partial charge in [0.1, 0.15) is 5.82 Å². The van der Waals surface area contributed by atoms with E-state index in [-0.39, 0.29) is 16.9 Å². The second kappa shape index (κ2) is 5.56. The van der Waals surface area contributed by atoms with Gasteiger partial charge in [-0.1, -0.05) is 6.42 Å². The molecule has 0 aliphatic heterocycles. The Kier molecular flexibility index (Phi) is 4.23. The molecule has 106 valence electrons. The van der Waals surface area contributed by atoms with E-state index >= 15 is 0 Å². The Labute approximate surface area is 113 Å². The van der Waals surface area contributed by atoms with Crippen LogP contribution in [0.2, 0.25) is 0 Å². The van der Waals surface area contributed by atoms with Gasteiger partial charge in [-0.25, -0.2) is 12.8 Å². The zero-order chi connectivity index (χ0) is 14.0. The lowest BCUT2D eigenvalue weighted by molar-refractivity contribution is 0.304. The lowest BCUT2D eigenvalue weighted by atomic mass is 10.0.